The Labute approximate surface area is 141 Å². The highest BCUT2D eigenvalue weighted by molar-refractivity contribution is 7.89. The molecule has 2 aromatic rings. The van der Waals surface area contributed by atoms with Gasteiger partial charge in [-0.1, -0.05) is 25.5 Å². The predicted molar refractivity (Wildman–Crippen MR) is 91.8 cm³/mol. The van der Waals surface area contributed by atoms with Gasteiger partial charge in [0.05, 0.1) is 16.8 Å². The van der Waals surface area contributed by atoms with Crippen LogP contribution >= 0.6 is 0 Å². The molecule has 1 atom stereocenters. The van der Waals surface area contributed by atoms with Crippen LogP contribution in [0.5, 0.6) is 0 Å². The minimum atomic E-state index is -3.70. The maximum absolute atomic E-state index is 13.1. The summed E-state index contributed by atoms with van der Waals surface area (Å²) in [6.45, 7) is 2.15. The number of hydrogen-bond donors (Lipinski definition) is 1. The predicted octanol–water partition coefficient (Wildman–Crippen LogP) is 3.60. The molecule has 3 rings (SSSR count). The number of primary sulfonamides is 1. The van der Waals surface area contributed by atoms with Crippen LogP contribution in [0.3, 0.4) is 0 Å². The third-order valence-corrected chi connectivity index (χ3v) is 5.42. The first kappa shape index (κ1) is 16.8. The average Bonchev–Trinajstić information content (AvgIpc) is 2.99. The fraction of sp³-hybridized carbons (Fsp3) is 0.278. The quantitative estimate of drug-likeness (QED) is 0.919. The molecule has 1 aromatic carbocycles. The molecule has 4 nitrogen and oxygen atoms in total. The fourth-order valence-corrected chi connectivity index (χ4v) is 3.65. The van der Waals surface area contributed by atoms with E-state index in [0.29, 0.717) is 5.92 Å². The van der Waals surface area contributed by atoms with Crippen LogP contribution in [0.2, 0.25) is 0 Å². The van der Waals surface area contributed by atoms with Crippen molar-refractivity contribution in [3.63, 3.8) is 0 Å². The van der Waals surface area contributed by atoms with Crippen molar-refractivity contribution in [2.75, 3.05) is 0 Å². The molecular weight excluding hydrogens is 327 g/mol. The summed E-state index contributed by atoms with van der Waals surface area (Å²) in [5.41, 5.74) is 3.98. The van der Waals surface area contributed by atoms with Gasteiger partial charge in [-0.2, -0.15) is 0 Å². The van der Waals surface area contributed by atoms with Crippen molar-refractivity contribution in [3.05, 3.63) is 59.7 Å². The van der Waals surface area contributed by atoms with Crippen molar-refractivity contribution < 1.29 is 12.8 Å². The second-order valence-electron chi connectivity index (χ2n) is 6.07. The molecule has 1 aliphatic rings. The SMILES string of the molecule is CCC1CC(c2ccc(S(N)(=O)=O)cc2)=C(c2ccc(F)cn2)C1. The number of halogens is 1. The number of nitrogens with two attached hydrogens (primary N) is 1. The first-order valence-electron chi connectivity index (χ1n) is 7.85. The van der Waals surface area contributed by atoms with E-state index in [4.69, 9.17) is 5.14 Å². The number of nitrogens with zero attached hydrogens (tertiary/aromatic N) is 1. The van der Waals surface area contributed by atoms with E-state index in [2.05, 4.69) is 11.9 Å². The van der Waals surface area contributed by atoms with Crippen LogP contribution in [0.4, 0.5) is 4.39 Å². The van der Waals surface area contributed by atoms with Crippen LogP contribution in [-0.4, -0.2) is 13.4 Å². The molecule has 6 heteroatoms. The zero-order valence-electron chi connectivity index (χ0n) is 13.4. The Bertz CT molecular complexity index is 872. The van der Waals surface area contributed by atoms with Gasteiger partial charge in [-0.3, -0.25) is 4.98 Å². The van der Waals surface area contributed by atoms with Gasteiger partial charge >= 0.3 is 0 Å². The highest BCUT2D eigenvalue weighted by atomic mass is 32.2. The molecule has 0 radical (unpaired) electrons. The molecule has 0 fully saturated rings. The van der Waals surface area contributed by atoms with Crippen molar-refractivity contribution in [3.8, 4) is 0 Å². The van der Waals surface area contributed by atoms with E-state index < -0.39 is 10.0 Å². The normalized spacial score (nSPS) is 18.2. The van der Waals surface area contributed by atoms with Gasteiger partial charge in [-0.15, -0.1) is 0 Å². The van der Waals surface area contributed by atoms with E-state index >= 15 is 0 Å². The number of sulfonamides is 1. The third-order valence-electron chi connectivity index (χ3n) is 4.50. The maximum atomic E-state index is 13.1. The molecule has 1 heterocycles. The Kier molecular flexibility index (Phi) is 4.51. The number of rotatable bonds is 4. The van der Waals surface area contributed by atoms with Gasteiger partial charge in [0.2, 0.25) is 10.0 Å². The third kappa shape index (κ3) is 3.39. The molecule has 0 spiro atoms. The lowest BCUT2D eigenvalue weighted by Gasteiger charge is -2.08. The Hall–Kier alpha value is -2.05. The van der Waals surface area contributed by atoms with Gasteiger partial charge in [-0.25, -0.2) is 17.9 Å². The van der Waals surface area contributed by atoms with Crippen LogP contribution in [-0.2, 0) is 10.0 Å². The lowest BCUT2D eigenvalue weighted by molar-refractivity contribution is 0.557. The summed E-state index contributed by atoms with van der Waals surface area (Å²) >= 11 is 0. The van der Waals surface area contributed by atoms with Gasteiger partial charge < -0.3 is 0 Å². The van der Waals surface area contributed by atoms with Gasteiger partial charge in [0, 0.05) is 0 Å². The Morgan fingerprint density at radius 3 is 2.33 bits per heavy atom. The summed E-state index contributed by atoms with van der Waals surface area (Å²) in [6.07, 6.45) is 4.06. The highest BCUT2D eigenvalue weighted by Gasteiger charge is 2.25. The van der Waals surface area contributed by atoms with Crippen molar-refractivity contribution in [2.45, 2.75) is 31.1 Å². The number of allylic oxidation sites excluding steroid dienone is 2. The van der Waals surface area contributed by atoms with E-state index in [-0.39, 0.29) is 10.7 Å². The summed E-state index contributed by atoms with van der Waals surface area (Å²) in [6, 6.07) is 9.70. The number of pyridine rings is 1. The summed E-state index contributed by atoms with van der Waals surface area (Å²) in [5, 5.41) is 5.15. The summed E-state index contributed by atoms with van der Waals surface area (Å²) in [7, 11) is -3.70. The second kappa shape index (κ2) is 6.45. The van der Waals surface area contributed by atoms with E-state index in [9.17, 15) is 12.8 Å². The van der Waals surface area contributed by atoms with Gasteiger partial charge in [-0.05, 0) is 59.7 Å². The first-order chi connectivity index (χ1) is 11.4. The van der Waals surface area contributed by atoms with Gasteiger partial charge in [0.1, 0.15) is 5.82 Å². The fourth-order valence-electron chi connectivity index (χ4n) is 3.14. The second-order valence-corrected chi connectivity index (χ2v) is 7.63. The molecule has 0 saturated carbocycles. The van der Waals surface area contributed by atoms with Gasteiger partial charge in [0.15, 0.2) is 0 Å². The van der Waals surface area contributed by atoms with E-state index in [1.165, 1.54) is 24.4 Å². The topological polar surface area (TPSA) is 73.1 Å². The minimum absolute atomic E-state index is 0.0957. The molecule has 0 saturated heterocycles. The van der Waals surface area contributed by atoms with E-state index in [1.807, 2.05) is 0 Å². The Balaban J connectivity index is 2.04. The number of hydrogen-bond acceptors (Lipinski definition) is 3. The van der Waals surface area contributed by atoms with Crippen molar-refractivity contribution in [2.24, 2.45) is 11.1 Å². The molecule has 1 unspecified atom stereocenters. The molecule has 0 aliphatic heterocycles. The highest BCUT2D eigenvalue weighted by Crippen LogP contribution is 2.43. The maximum Gasteiger partial charge on any atom is 0.238 e. The van der Waals surface area contributed by atoms with Crippen molar-refractivity contribution in [1.29, 1.82) is 0 Å². The molecular formula is C18H19FN2O2S. The minimum Gasteiger partial charge on any atom is -0.254 e. The van der Waals surface area contributed by atoms with Crippen LogP contribution in [0, 0.1) is 11.7 Å². The van der Waals surface area contributed by atoms with E-state index in [1.54, 1.807) is 18.2 Å². The summed E-state index contributed by atoms with van der Waals surface area (Å²) in [4.78, 5) is 4.31. The monoisotopic (exact) mass is 346 g/mol. The van der Waals surface area contributed by atoms with Crippen LogP contribution in [0.15, 0.2) is 47.5 Å². The molecule has 24 heavy (non-hydrogen) atoms. The lowest BCUT2D eigenvalue weighted by atomic mass is 9.99. The Morgan fingerprint density at radius 1 is 1.12 bits per heavy atom. The Morgan fingerprint density at radius 2 is 1.79 bits per heavy atom. The van der Waals surface area contributed by atoms with Crippen molar-refractivity contribution in [1.82, 2.24) is 4.98 Å². The molecule has 126 valence electrons. The van der Waals surface area contributed by atoms with Crippen LogP contribution in [0.25, 0.3) is 11.1 Å². The summed E-state index contributed by atoms with van der Waals surface area (Å²) < 4.78 is 35.9. The molecule has 0 bridgehead atoms. The summed E-state index contributed by atoms with van der Waals surface area (Å²) in [5.74, 6) is 0.156. The number of benzene rings is 1. The molecule has 1 aromatic heterocycles. The van der Waals surface area contributed by atoms with Crippen LogP contribution < -0.4 is 5.14 Å². The first-order valence-corrected chi connectivity index (χ1v) is 9.40. The van der Waals surface area contributed by atoms with Crippen molar-refractivity contribution >= 4 is 21.2 Å². The standard InChI is InChI=1S/C18H19FN2O2S/c1-2-12-9-16(13-3-6-15(7-4-13)24(20,22)23)17(10-12)18-8-5-14(19)11-21-18/h3-8,11-12H,2,9-10H2,1H3,(H2,20,22,23). The van der Waals surface area contributed by atoms with Gasteiger partial charge in [0.25, 0.3) is 0 Å². The number of aromatic nitrogens is 1. The molecule has 1 aliphatic carbocycles. The molecule has 2 N–H and O–H groups in total. The zero-order valence-corrected chi connectivity index (χ0v) is 14.2. The van der Waals surface area contributed by atoms with E-state index in [0.717, 1.165) is 41.7 Å². The lowest BCUT2D eigenvalue weighted by Crippen LogP contribution is -2.11. The molecule has 0 amide bonds. The smallest absolute Gasteiger partial charge is 0.238 e. The zero-order chi connectivity index (χ0) is 17.3. The largest absolute Gasteiger partial charge is 0.254 e. The van der Waals surface area contributed by atoms with Crippen LogP contribution in [0.1, 0.15) is 37.4 Å². The average molecular weight is 346 g/mol.